The van der Waals surface area contributed by atoms with Crippen LogP contribution >= 0.6 is 0 Å². The monoisotopic (exact) mass is 331 g/mol. The zero-order valence-corrected chi connectivity index (χ0v) is 14.7. The Bertz CT molecular complexity index is 534. The second-order valence-electron chi connectivity index (χ2n) is 7.00. The van der Waals surface area contributed by atoms with E-state index in [-0.39, 0.29) is 11.8 Å². The number of hydrogen-bond acceptors (Lipinski definition) is 3. The van der Waals surface area contributed by atoms with Gasteiger partial charge in [0, 0.05) is 24.2 Å². The average Bonchev–Trinajstić information content (AvgIpc) is 2.55. The normalized spacial score (nSPS) is 15.3. The molecule has 1 aliphatic rings. The smallest absolute Gasteiger partial charge is 0.224 e. The topological polar surface area (TPSA) is 70.2 Å². The highest BCUT2D eigenvalue weighted by Gasteiger charge is 2.14. The molecule has 1 aromatic carbocycles. The molecule has 0 saturated carbocycles. The summed E-state index contributed by atoms with van der Waals surface area (Å²) >= 11 is 0. The van der Waals surface area contributed by atoms with Gasteiger partial charge >= 0.3 is 0 Å². The zero-order chi connectivity index (χ0) is 17.4. The highest BCUT2D eigenvalue weighted by Crippen LogP contribution is 2.19. The molecule has 1 fully saturated rings. The molecule has 1 aliphatic heterocycles. The Morgan fingerprint density at radius 1 is 1.04 bits per heavy atom. The first-order valence-electron chi connectivity index (χ1n) is 8.93. The minimum atomic E-state index is 0.0174. The largest absolute Gasteiger partial charge is 0.326 e. The van der Waals surface area contributed by atoms with Crippen molar-refractivity contribution in [3.05, 3.63) is 24.3 Å². The molecule has 3 N–H and O–H groups in total. The molecule has 1 saturated heterocycles. The van der Waals surface area contributed by atoms with E-state index in [1.807, 2.05) is 38.1 Å². The number of benzene rings is 1. The highest BCUT2D eigenvalue weighted by atomic mass is 16.2. The van der Waals surface area contributed by atoms with Crippen molar-refractivity contribution < 1.29 is 9.59 Å². The van der Waals surface area contributed by atoms with Gasteiger partial charge in [-0.25, -0.2) is 0 Å². The van der Waals surface area contributed by atoms with Crippen LogP contribution in [-0.2, 0) is 9.59 Å². The molecule has 0 radical (unpaired) electrons. The van der Waals surface area contributed by atoms with Gasteiger partial charge in [-0.05, 0) is 68.5 Å². The molecule has 132 valence electrons. The molecular weight excluding hydrogens is 302 g/mol. The van der Waals surface area contributed by atoms with Crippen molar-refractivity contribution >= 4 is 23.2 Å². The van der Waals surface area contributed by atoms with Gasteiger partial charge in [0.05, 0.1) is 0 Å². The fourth-order valence-electron chi connectivity index (χ4n) is 2.95. The molecule has 2 amide bonds. The van der Waals surface area contributed by atoms with E-state index in [1.165, 1.54) is 0 Å². The number of nitrogens with one attached hydrogen (secondary N) is 3. The summed E-state index contributed by atoms with van der Waals surface area (Å²) in [6.07, 6.45) is 4.36. The maximum absolute atomic E-state index is 12.0. The van der Waals surface area contributed by atoms with Crippen molar-refractivity contribution in [2.75, 3.05) is 23.7 Å². The van der Waals surface area contributed by atoms with Crippen LogP contribution in [0.4, 0.5) is 11.4 Å². The van der Waals surface area contributed by atoms with E-state index < -0.39 is 0 Å². The Kier molecular flexibility index (Phi) is 7.25. The van der Waals surface area contributed by atoms with Crippen LogP contribution in [0.2, 0.25) is 0 Å². The maximum Gasteiger partial charge on any atom is 0.224 e. The van der Waals surface area contributed by atoms with Crippen LogP contribution in [0.5, 0.6) is 0 Å². The van der Waals surface area contributed by atoms with Crippen LogP contribution in [0.15, 0.2) is 24.3 Å². The Hall–Kier alpha value is -1.88. The fraction of sp³-hybridized carbons (Fsp3) is 0.579. The molecule has 2 rings (SSSR count). The lowest BCUT2D eigenvalue weighted by Crippen LogP contribution is -2.28. The molecule has 5 heteroatoms. The number of piperidine rings is 1. The number of carbonyl (C=O) groups is 2. The van der Waals surface area contributed by atoms with Gasteiger partial charge in [-0.3, -0.25) is 9.59 Å². The SMILES string of the molecule is CC(C)CC(=O)Nc1ccc(NC(=O)CCC2CCNCC2)cc1. The van der Waals surface area contributed by atoms with E-state index in [1.54, 1.807) is 0 Å². The summed E-state index contributed by atoms with van der Waals surface area (Å²) in [6, 6.07) is 7.29. The number of anilines is 2. The number of amides is 2. The van der Waals surface area contributed by atoms with Crippen molar-refractivity contribution in [1.82, 2.24) is 5.32 Å². The first-order chi connectivity index (χ1) is 11.5. The quantitative estimate of drug-likeness (QED) is 0.717. The summed E-state index contributed by atoms with van der Waals surface area (Å²) in [4.78, 5) is 23.8. The predicted molar refractivity (Wildman–Crippen MR) is 98.0 cm³/mol. The first-order valence-corrected chi connectivity index (χ1v) is 8.93. The molecule has 0 spiro atoms. The Morgan fingerprint density at radius 2 is 1.58 bits per heavy atom. The molecular formula is C19H29N3O2. The molecule has 1 aromatic rings. The fourth-order valence-corrected chi connectivity index (χ4v) is 2.95. The van der Waals surface area contributed by atoms with Crippen molar-refractivity contribution in [1.29, 1.82) is 0 Å². The predicted octanol–water partition coefficient (Wildman–Crippen LogP) is 3.39. The van der Waals surface area contributed by atoms with Gasteiger partial charge in [0.1, 0.15) is 0 Å². The van der Waals surface area contributed by atoms with Gasteiger partial charge in [0.15, 0.2) is 0 Å². The molecule has 5 nitrogen and oxygen atoms in total. The van der Waals surface area contributed by atoms with E-state index in [9.17, 15) is 9.59 Å². The Labute approximate surface area is 144 Å². The molecule has 0 bridgehead atoms. The summed E-state index contributed by atoms with van der Waals surface area (Å²) in [5.74, 6) is 1.08. The number of carbonyl (C=O) groups excluding carboxylic acids is 2. The van der Waals surface area contributed by atoms with Gasteiger partial charge in [-0.15, -0.1) is 0 Å². The molecule has 0 aliphatic carbocycles. The average molecular weight is 331 g/mol. The van der Waals surface area contributed by atoms with Gasteiger partial charge < -0.3 is 16.0 Å². The van der Waals surface area contributed by atoms with Gasteiger partial charge in [-0.1, -0.05) is 13.8 Å². The summed E-state index contributed by atoms with van der Waals surface area (Å²) in [7, 11) is 0. The van der Waals surface area contributed by atoms with Gasteiger partial charge in [0.25, 0.3) is 0 Å². The summed E-state index contributed by atoms with van der Waals surface area (Å²) < 4.78 is 0. The van der Waals surface area contributed by atoms with Crippen molar-refractivity contribution in [3.8, 4) is 0 Å². The first kappa shape index (κ1) is 18.5. The minimum absolute atomic E-state index is 0.0174. The second-order valence-corrected chi connectivity index (χ2v) is 7.00. The third kappa shape index (κ3) is 6.71. The van der Waals surface area contributed by atoms with Crippen LogP contribution in [0.25, 0.3) is 0 Å². The van der Waals surface area contributed by atoms with Crippen molar-refractivity contribution in [2.45, 2.75) is 46.0 Å². The third-order valence-corrected chi connectivity index (χ3v) is 4.28. The van der Waals surface area contributed by atoms with E-state index in [0.29, 0.717) is 24.7 Å². The van der Waals surface area contributed by atoms with Crippen LogP contribution in [-0.4, -0.2) is 24.9 Å². The molecule has 0 atom stereocenters. The van der Waals surface area contributed by atoms with Crippen LogP contribution in [0.3, 0.4) is 0 Å². The van der Waals surface area contributed by atoms with Gasteiger partial charge in [0.2, 0.25) is 11.8 Å². The standard InChI is InChI=1S/C19H29N3O2/c1-14(2)13-19(24)22-17-6-4-16(5-7-17)21-18(23)8-3-15-9-11-20-12-10-15/h4-7,14-15,20H,3,8-13H2,1-2H3,(H,21,23)(H,22,24). The second kappa shape index (κ2) is 9.42. The van der Waals surface area contributed by atoms with Crippen molar-refractivity contribution in [3.63, 3.8) is 0 Å². The van der Waals surface area contributed by atoms with Crippen LogP contribution in [0, 0.1) is 11.8 Å². The highest BCUT2D eigenvalue weighted by molar-refractivity contribution is 5.93. The van der Waals surface area contributed by atoms with E-state index >= 15 is 0 Å². The summed E-state index contributed by atoms with van der Waals surface area (Å²) in [5.41, 5.74) is 1.53. The van der Waals surface area contributed by atoms with Crippen molar-refractivity contribution in [2.24, 2.45) is 11.8 Å². The third-order valence-electron chi connectivity index (χ3n) is 4.28. The lowest BCUT2D eigenvalue weighted by atomic mass is 9.93. The van der Waals surface area contributed by atoms with Crippen LogP contribution < -0.4 is 16.0 Å². The number of hydrogen-bond donors (Lipinski definition) is 3. The van der Waals surface area contributed by atoms with E-state index in [2.05, 4.69) is 16.0 Å². The molecule has 1 heterocycles. The molecule has 24 heavy (non-hydrogen) atoms. The zero-order valence-electron chi connectivity index (χ0n) is 14.7. The lowest BCUT2D eigenvalue weighted by Gasteiger charge is -2.22. The van der Waals surface area contributed by atoms with E-state index in [4.69, 9.17) is 0 Å². The number of rotatable bonds is 7. The summed E-state index contributed by atoms with van der Waals surface area (Å²) in [6.45, 7) is 6.16. The molecule has 0 aromatic heterocycles. The lowest BCUT2D eigenvalue weighted by molar-refractivity contribution is -0.117. The van der Waals surface area contributed by atoms with E-state index in [0.717, 1.165) is 43.7 Å². The minimum Gasteiger partial charge on any atom is -0.326 e. The van der Waals surface area contributed by atoms with Gasteiger partial charge in [-0.2, -0.15) is 0 Å². The Balaban J connectivity index is 1.74. The summed E-state index contributed by atoms with van der Waals surface area (Å²) in [5, 5.41) is 9.13. The molecule has 0 unspecified atom stereocenters. The van der Waals surface area contributed by atoms with Crippen LogP contribution in [0.1, 0.15) is 46.0 Å². The Morgan fingerprint density at radius 3 is 2.12 bits per heavy atom. The maximum atomic E-state index is 12.0.